The smallest absolute Gasteiger partial charge is 0.251 e. The van der Waals surface area contributed by atoms with Crippen molar-refractivity contribution >= 4 is 5.91 Å². The number of rotatable bonds is 6. The Bertz CT molecular complexity index is 764. The fraction of sp³-hybridized carbons (Fsp3) is 0.200. The third-order valence-electron chi connectivity index (χ3n) is 4.20. The minimum Gasteiger partial charge on any atom is -0.351 e. The van der Waals surface area contributed by atoms with Gasteiger partial charge in [-0.2, -0.15) is 0 Å². The van der Waals surface area contributed by atoms with Crippen LogP contribution in [-0.2, 0) is 0 Å². The van der Waals surface area contributed by atoms with Crippen molar-refractivity contribution in [1.82, 2.24) is 14.9 Å². The standard InChI is InChI=1S/C20H21N3O/c1-2-16(17-6-4-3-5-7-17)14-22-20(24)18-8-10-19(11-9-18)23-13-12-21-15-23/h3-13,15-16H,2,14H2,1H3,(H,22,24)/t16-/m1/s1. The average molecular weight is 319 g/mol. The molecule has 1 amide bonds. The van der Waals surface area contributed by atoms with E-state index in [1.807, 2.05) is 53.2 Å². The van der Waals surface area contributed by atoms with E-state index in [1.54, 1.807) is 12.5 Å². The largest absolute Gasteiger partial charge is 0.351 e. The third kappa shape index (κ3) is 3.71. The number of nitrogens with one attached hydrogen (secondary N) is 1. The highest BCUT2D eigenvalue weighted by molar-refractivity contribution is 5.94. The number of nitrogens with zero attached hydrogens (tertiary/aromatic N) is 2. The molecule has 1 aromatic heterocycles. The van der Waals surface area contributed by atoms with Crippen LogP contribution in [0.25, 0.3) is 5.69 Å². The summed E-state index contributed by atoms with van der Waals surface area (Å²) in [5, 5.41) is 3.04. The zero-order valence-corrected chi connectivity index (χ0v) is 13.7. The van der Waals surface area contributed by atoms with Gasteiger partial charge in [0.2, 0.25) is 0 Å². The SMILES string of the molecule is CC[C@H](CNC(=O)c1ccc(-n2ccnc2)cc1)c1ccccc1. The second kappa shape index (κ2) is 7.59. The Kier molecular flexibility index (Phi) is 5.06. The van der Waals surface area contributed by atoms with Crippen LogP contribution in [0.2, 0.25) is 0 Å². The van der Waals surface area contributed by atoms with Crippen molar-refractivity contribution in [3.63, 3.8) is 0 Å². The predicted octanol–water partition coefficient (Wildman–Crippen LogP) is 3.80. The molecule has 2 aromatic carbocycles. The van der Waals surface area contributed by atoms with Crippen LogP contribution in [0, 0.1) is 0 Å². The van der Waals surface area contributed by atoms with Gasteiger partial charge in [0.1, 0.15) is 0 Å². The Morgan fingerprint density at radius 1 is 1.12 bits per heavy atom. The summed E-state index contributed by atoms with van der Waals surface area (Å²) in [7, 11) is 0. The minimum atomic E-state index is -0.0402. The first-order valence-corrected chi connectivity index (χ1v) is 8.19. The Hall–Kier alpha value is -2.88. The number of amides is 1. The molecule has 0 radical (unpaired) electrons. The summed E-state index contributed by atoms with van der Waals surface area (Å²) >= 11 is 0. The lowest BCUT2D eigenvalue weighted by atomic mass is 9.96. The lowest BCUT2D eigenvalue weighted by Gasteiger charge is -2.16. The van der Waals surface area contributed by atoms with E-state index in [0.29, 0.717) is 18.0 Å². The third-order valence-corrected chi connectivity index (χ3v) is 4.20. The number of imidazole rings is 1. The molecule has 0 saturated heterocycles. The Morgan fingerprint density at radius 2 is 1.88 bits per heavy atom. The number of benzene rings is 2. The zero-order chi connectivity index (χ0) is 16.8. The molecule has 4 nitrogen and oxygen atoms in total. The summed E-state index contributed by atoms with van der Waals surface area (Å²) in [6.07, 6.45) is 6.33. The van der Waals surface area contributed by atoms with Crippen LogP contribution in [0.3, 0.4) is 0 Å². The second-order valence-electron chi connectivity index (χ2n) is 5.74. The maximum atomic E-state index is 12.4. The molecule has 24 heavy (non-hydrogen) atoms. The highest BCUT2D eigenvalue weighted by atomic mass is 16.1. The van der Waals surface area contributed by atoms with Gasteiger partial charge in [-0.15, -0.1) is 0 Å². The maximum absolute atomic E-state index is 12.4. The number of carbonyl (C=O) groups excluding carboxylic acids is 1. The van der Waals surface area contributed by atoms with E-state index in [-0.39, 0.29) is 5.91 Å². The van der Waals surface area contributed by atoms with Gasteiger partial charge in [-0.05, 0) is 36.2 Å². The van der Waals surface area contributed by atoms with Gasteiger partial charge in [0.05, 0.1) is 6.33 Å². The molecule has 122 valence electrons. The zero-order valence-electron chi connectivity index (χ0n) is 13.7. The van der Waals surface area contributed by atoms with E-state index in [9.17, 15) is 4.79 Å². The molecule has 0 aliphatic carbocycles. The monoisotopic (exact) mass is 319 g/mol. The normalized spacial score (nSPS) is 11.9. The first-order chi connectivity index (χ1) is 11.8. The molecule has 1 heterocycles. The minimum absolute atomic E-state index is 0.0402. The van der Waals surface area contributed by atoms with Gasteiger partial charge in [0, 0.05) is 36.1 Å². The molecular weight excluding hydrogens is 298 g/mol. The molecule has 0 bridgehead atoms. The fourth-order valence-corrected chi connectivity index (χ4v) is 2.74. The van der Waals surface area contributed by atoms with Gasteiger partial charge >= 0.3 is 0 Å². The molecule has 0 spiro atoms. The predicted molar refractivity (Wildman–Crippen MR) is 95.4 cm³/mol. The van der Waals surface area contributed by atoms with Crippen molar-refractivity contribution in [2.24, 2.45) is 0 Å². The summed E-state index contributed by atoms with van der Waals surface area (Å²) in [6.45, 7) is 2.78. The number of hydrogen-bond acceptors (Lipinski definition) is 2. The van der Waals surface area contributed by atoms with Gasteiger partial charge in [-0.1, -0.05) is 37.3 Å². The lowest BCUT2D eigenvalue weighted by Crippen LogP contribution is -2.28. The van der Waals surface area contributed by atoms with Crippen molar-refractivity contribution in [2.75, 3.05) is 6.54 Å². The van der Waals surface area contributed by atoms with E-state index in [2.05, 4.69) is 29.4 Å². The molecule has 1 N–H and O–H groups in total. The highest BCUT2D eigenvalue weighted by Gasteiger charge is 2.12. The molecule has 0 unspecified atom stereocenters. The molecular formula is C20H21N3O. The molecule has 3 rings (SSSR count). The fourth-order valence-electron chi connectivity index (χ4n) is 2.74. The van der Waals surface area contributed by atoms with Crippen LogP contribution in [0.15, 0.2) is 73.3 Å². The van der Waals surface area contributed by atoms with Crippen LogP contribution in [0.4, 0.5) is 0 Å². The second-order valence-corrected chi connectivity index (χ2v) is 5.74. The Labute approximate surface area is 142 Å². The van der Waals surface area contributed by atoms with Gasteiger partial charge in [0.25, 0.3) is 5.91 Å². The number of carbonyl (C=O) groups is 1. The molecule has 0 aliphatic heterocycles. The maximum Gasteiger partial charge on any atom is 0.251 e. The summed E-state index contributed by atoms with van der Waals surface area (Å²) in [4.78, 5) is 16.4. The summed E-state index contributed by atoms with van der Waals surface area (Å²) in [5.74, 6) is 0.293. The summed E-state index contributed by atoms with van der Waals surface area (Å²) in [6, 6.07) is 17.8. The van der Waals surface area contributed by atoms with Crippen LogP contribution >= 0.6 is 0 Å². The van der Waals surface area contributed by atoms with Crippen molar-refractivity contribution in [2.45, 2.75) is 19.3 Å². The van der Waals surface area contributed by atoms with Gasteiger partial charge in [-0.3, -0.25) is 4.79 Å². The van der Waals surface area contributed by atoms with E-state index in [1.165, 1.54) is 5.56 Å². The topological polar surface area (TPSA) is 46.9 Å². The van der Waals surface area contributed by atoms with Gasteiger partial charge in [-0.25, -0.2) is 4.98 Å². The van der Waals surface area contributed by atoms with Crippen LogP contribution in [0.1, 0.15) is 35.2 Å². The van der Waals surface area contributed by atoms with Gasteiger partial charge < -0.3 is 9.88 Å². The van der Waals surface area contributed by atoms with Gasteiger partial charge in [0.15, 0.2) is 0 Å². The Balaban J connectivity index is 1.62. The first-order valence-electron chi connectivity index (χ1n) is 8.19. The summed E-state index contributed by atoms with van der Waals surface area (Å²) < 4.78 is 1.91. The molecule has 1 atom stereocenters. The van der Waals surface area contributed by atoms with E-state index < -0.39 is 0 Å². The number of aromatic nitrogens is 2. The van der Waals surface area contributed by atoms with Crippen LogP contribution < -0.4 is 5.32 Å². The van der Waals surface area contributed by atoms with Crippen molar-refractivity contribution in [1.29, 1.82) is 0 Å². The van der Waals surface area contributed by atoms with Crippen LogP contribution in [0.5, 0.6) is 0 Å². The van der Waals surface area contributed by atoms with Crippen molar-refractivity contribution < 1.29 is 4.79 Å². The molecule has 0 saturated carbocycles. The summed E-state index contributed by atoms with van der Waals surface area (Å²) in [5.41, 5.74) is 2.91. The highest BCUT2D eigenvalue weighted by Crippen LogP contribution is 2.18. The quantitative estimate of drug-likeness (QED) is 0.751. The van der Waals surface area contributed by atoms with Crippen LogP contribution in [-0.4, -0.2) is 22.0 Å². The van der Waals surface area contributed by atoms with E-state index in [4.69, 9.17) is 0 Å². The first kappa shape index (κ1) is 16.0. The van der Waals surface area contributed by atoms with E-state index in [0.717, 1.165) is 12.1 Å². The molecule has 4 heteroatoms. The molecule has 0 aliphatic rings. The number of hydrogen-bond donors (Lipinski definition) is 1. The average Bonchev–Trinajstić information content (AvgIpc) is 3.18. The van der Waals surface area contributed by atoms with Crippen molar-refractivity contribution in [3.05, 3.63) is 84.4 Å². The van der Waals surface area contributed by atoms with E-state index >= 15 is 0 Å². The molecule has 0 fully saturated rings. The molecule has 3 aromatic rings. The Morgan fingerprint density at radius 3 is 2.50 bits per heavy atom. The van der Waals surface area contributed by atoms with Crippen molar-refractivity contribution in [3.8, 4) is 5.69 Å². The lowest BCUT2D eigenvalue weighted by molar-refractivity contribution is 0.0951.